The number of nitrogens with zero attached hydrogens (tertiary/aromatic N) is 2. The van der Waals surface area contributed by atoms with E-state index in [2.05, 4.69) is 10.3 Å². The Balaban J connectivity index is 1.77. The number of hydrogen-bond acceptors (Lipinski definition) is 7. The van der Waals surface area contributed by atoms with Gasteiger partial charge in [0.2, 0.25) is 15.9 Å². The summed E-state index contributed by atoms with van der Waals surface area (Å²) in [5.74, 6) is -0.505. The van der Waals surface area contributed by atoms with Gasteiger partial charge in [0.25, 0.3) is 0 Å². The number of nitrogens with two attached hydrogens (primary N) is 1. The van der Waals surface area contributed by atoms with Gasteiger partial charge in [0, 0.05) is 18.3 Å². The predicted molar refractivity (Wildman–Crippen MR) is 111 cm³/mol. The number of methoxy groups -OCH3 is 1. The molecule has 3 N–H and O–H groups in total. The largest absolute Gasteiger partial charge is 0.468 e. The van der Waals surface area contributed by atoms with Crippen molar-refractivity contribution in [3.63, 3.8) is 0 Å². The van der Waals surface area contributed by atoms with Gasteiger partial charge in [-0.05, 0) is 49.6 Å². The second-order valence-corrected chi connectivity index (χ2v) is 8.92. The fraction of sp³-hybridized carbons (Fsp3) is 0.350. The van der Waals surface area contributed by atoms with Crippen LogP contribution in [0.5, 0.6) is 0 Å². The molecule has 1 aliphatic heterocycles. The van der Waals surface area contributed by atoms with Gasteiger partial charge in [-0.25, -0.2) is 13.4 Å². The minimum atomic E-state index is -3.81. The van der Waals surface area contributed by atoms with Crippen LogP contribution in [0.3, 0.4) is 0 Å². The standard InChI is InChI=1S/C20H24N4O5S/c1-13(21)19(25)23-18-10-7-15(12-22-18)14-5-8-16(9-6-14)30(27,28)24-11-3-4-17(24)20(26)29-2/h5-10,12-13,17H,3-4,11,21H2,1-2H3,(H,22,23,25)/t13-,17+/m0/s1. The van der Waals surface area contributed by atoms with Crippen LogP contribution in [0.4, 0.5) is 5.82 Å². The number of rotatable bonds is 6. The lowest BCUT2D eigenvalue weighted by molar-refractivity contribution is -0.144. The minimum absolute atomic E-state index is 0.107. The van der Waals surface area contributed by atoms with Crippen molar-refractivity contribution in [2.24, 2.45) is 5.73 Å². The molecule has 3 rings (SSSR count). The summed E-state index contributed by atoms with van der Waals surface area (Å²) in [4.78, 5) is 27.8. The van der Waals surface area contributed by atoms with Gasteiger partial charge >= 0.3 is 5.97 Å². The molecule has 160 valence electrons. The van der Waals surface area contributed by atoms with Crippen molar-refractivity contribution in [2.45, 2.75) is 36.7 Å². The highest BCUT2D eigenvalue weighted by atomic mass is 32.2. The summed E-state index contributed by atoms with van der Waals surface area (Å²) < 4.78 is 31.9. The van der Waals surface area contributed by atoms with E-state index in [9.17, 15) is 18.0 Å². The monoisotopic (exact) mass is 432 g/mol. The molecule has 0 unspecified atom stereocenters. The molecular weight excluding hydrogens is 408 g/mol. The number of sulfonamides is 1. The molecule has 2 heterocycles. The van der Waals surface area contributed by atoms with E-state index in [0.717, 1.165) is 11.1 Å². The van der Waals surface area contributed by atoms with Crippen LogP contribution >= 0.6 is 0 Å². The maximum atomic E-state index is 13.0. The van der Waals surface area contributed by atoms with Gasteiger partial charge in [-0.3, -0.25) is 9.59 Å². The van der Waals surface area contributed by atoms with Crippen molar-refractivity contribution < 1.29 is 22.7 Å². The molecular formula is C20H24N4O5S. The Bertz CT molecular complexity index is 1020. The second-order valence-electron chi connectivity index (χ2n) is 7.03. The van der Waals surface area contributed by atoms with E-state index in [-0.39, 0.29) is 17.3 Å². The van der Waals surface area contributed by atoms with Gasteiger partial charge in [-0.1, -0.05) is 12.1 Å². The molecule has 1 aromatic heterocycles. The predicted octanol–water partition coefficient (Wildman–Crippen LogP) is 1.36. The molecule has 0 aliphatic carbocycles. The lowest BCUT2D eigenvalue weighted by Gasteiger charge is -2.22. The van der Waals surface area contributed by atoms with E-state index in [1.807, 2.05) is 0 Å². The zero-order valence-corrected chi connectivity index (χ0v) is 17.6. The summed E-state index contributed by atoms with van der Waals surface area (Å²) in [6, 6.07) is 8.33. The van der Waals surface area contributed by atoms with Crippen molar-refractivity contribution >= 4 is 27.7 Å². The zero-order chi connectivity index (χ0) is 21.9. The Morgan fingerprint density at radius 3 is 2.43 bits per heavy atom. The minimum Gasteiger partial charge on any atom is -0.468 e. The van der Waals surface area contributed by atoms with Crippen LogP contribution in [0.2, 0.25) is 0 Å². The number of nitrogens with one attached hydrogen (secondary N) is 1. The Kier molecular flexibility index (Phi) is 6.49. The number of amides is 1. The third-order valence-corrected chi connectivity index (χ3v) is 6.82. The number of pyridine rings is 1. The number of hydrogen-bond donors (Lipinski definition) is 2. The highest BCUT2D eigenvalue weighted by Crippen LogP contribution is 2.28. The number of aromatic nitrogens is 1. The molecule has 10 heteroatoms. The van der Waals surface area contributed by atoms with Gasteiger partial charge in [0.05, 0.1) is 18.0 Å². The van der Waals surface area contributed by atoms with E-state index >= 15 is 0 Å². The van der Waals surface area contributed by atoms with Crippen LogP contribution in [-0.4, -0.2) is 55.3 Å². The fourth-order valence-electron chi connectivity index (χ4n) is 3.23. The number of anilines is 1. The Hall–Kier alpha value is -2.82. The lowest BCUT2D eigenvalue weighted by Crippen LogP contribution is -2.40. The SMILES string of the molecule is COC(=O)[C@H]1CCCN1S(=O)(=O)c1ccc(-c2ccc(NC(=O)[C@H](C)N)nc2)cc1. The molecule has 1 aromatic carbocycles. The topological polar surface area (TPSA) is 132 Å². The van der Waals surface area contributed by atoms with E-state index in [1.54, 1.807) is 37.4 Å². The van der Waals surface area contributed by atoms with E-state index < -0.39 is 28.1 Å². The maximum Gasteiger partial charge on any atom is 0.324 e. The fourth-order valence-corrected chi connectivity index (χ4v) is 4.88. The van der Waals surface area contributed by atoms with Crippen LogP contribution in [-0.2, 0) is 24.3 Å². The van der Waals surface area contributed by atoms with Crippen LogP contribution in [0.1, 0.15) is 19.8 Å². The average molecular weight is 433 g/mol. The van der Waals surface area contributed by atoms with Crippen LogP contribution in [0, 0.1) is 0 Å². The Morgan fingerprint density at radius 2 is 1.87 bits per heavy atom. The third kappa shape index (κ3) is 4.50. The summed E-state index contributed by atoms with van der Waals surface area (Å²) in [5.41, 5.74) is 7.03. The number of benzene rings is 1. The molecule has 1 fully saturated rings. The van der Waals surface area contributed by atoms with E-state index in [1.165, 1.54) is 23.5 Å². The van der Waals surface area contributed by atoms with E-state index in [4.69, 9.17) is 10.5 Å². The molecule has 0 radical (unpaired) electrons. The maximum absolute atomic E-state index is 13.0. The van der Waals surface area contributed by atoms with Crippen LogP contribution < -0.4 is 11.1 Å². The molecule has 1 aliphatic rings. The van der Waals surface area contributed by atoms with Crippen molar-refractivity contribution in [3.8, 4) is 11.1 Å². The molecule has 30 heavy (non-hydrogen) atoms. The third-order valence-electron chi connectivity index (χ3n) is 4.90. The highest BCUT2D eigenvalue weighted by Gasteiger charge is 2.40. The van der Waals surface area contributed by atoms with Gasteiger partial charge in [-0.15, -0.1) is 0 Å². The molecule has 1 saturated heterocycles. The summed E-state index contributed by atoms with van der Waals surface area (Å²) in [5, 5.41) is 2.60. The first kappa shape index (κ1) is 21.9. The second kappa shape index (κ2) is 8.90. The summed E-state index contributed by atoms with van der Waals surface area (Å²) in [6.45, 7) is 1.86. The van der Waals surface area contributed by atoms with Crippen LogP contribution in [0.15, 0.2) is 47.5 Å². The number of carbonyl (C=O) groups is 2. The zero-order valence-electron chi connectivity index (χ0n) is 16.7. The van der Waals surface area contributed by atoms with Crippen molar-refractivity contribution in [1.29, 1.82) is 0 Å². The van der Waals surface area contributed by atoms with Crippen LogP contribution in [0.25, 0.3) is 11.1 Å². The lowest BCUT2D eigenvalue weighted by atomic mass is 10.1. The van der Waals surface area contributed by atoms with Gasteiger partial charge in [0.1, 0.15) is 11.9 Å². The van der Waals surface area contributed by atoms with Crippen molar-refractivity contribution in [1.82, 2.24) is 9.29 Å². The quantitative estimate of drug-likeness (QED) is 0.659. The molecule has 1 amide bonds. The Morgan fingerprint density at radius 1 is 1.20 bits per heavy atom. The van der Waals surface area contributed by atoms with Crippen molar-refractivity contribution in [2.75, 3.05) is 19.0 Å². The molecule has 0 saturated carbocycles. The Labute approximate surface area is 175 Å². The first-order chi connectivity index (χ1) is 14.2. The molecule has 2 atom stereocenters. The van der Waals surface area contributed by atoms with Gasteiger partial charge < -0.3 is 15.8 Å². The normalized spacial score (nSPS) is 18.0. The number of carbonyl (C=O) groups excluding carboxylic acids is 2. The first-order valence-electron chi connectivity index (χ1n) is 9.46. The highest BCUT2D eigenvalue weighted by molar-refractivity contribution is 7.89. The molecule has 0 bridgehead atoms. The summed E-state index contributed by atoms with van der Waals surface area (Å²) in [7, 11) is -2.56. The molecule has 0 spiro atoms. The molecule has 9 nitrogen and oxygen atoms in total. The van der Waals surface area contributed by atoms with Gasteiger partial charge in [-0.2, -0.15) is 4.31 Å². The summed E-state index contributed by atoms with van der Waals surface area (Å²) >= 11 is 0. The average Bonchev–Trinajstić information content (AvgIpc) is 3.24. The number of ether oxygens (including phenoxy) is 1. The smallest absolute Gasteiger partial charge is 0.324 e. The van der Waals surface area contributed by atoms with Gasteiger partial charge in [0.15, 0.2) is 0 Å². The van der Waals surface area contributed by atoms with E-state index in [0.29, 0.717) is 18.7 Å². The molecule has 2 aromatic rings. The van der Waals surface area contributed by atoms with Crippen molar-refractivity contribution in [3.05, 3.63) is 42.6 Å². The summed E-state index contributed by atoms with van der Waals surface area (Å²) in [6.07, 6.45) is 2.63. The first-order valence-corrected chi connectivity index (χ1v) is 10.9. The number of esters is 1.